The number of aryl methyl sites for hydroxylation is 1. The second-order valence-corrected chi connectivity index (χ2v) is 8.06. The van der Waals surface area contributed by atoms with Gasteiger partial charge in [-0.25, -0.2) is 0 Å². The Morgan fingerprint density at radius 1 is 1.27 bits per heavy atom. The van der Waals surface area contributed by atoms with Gasteiger partial charge in [-0.05, 0) is 71.9 Å². The van der Waals surface area contributed by atoms with Crippen LogP contribution in [-0.2, 0) is 11.2 Å². The number of aromatic nitrogens is 1. The Hall–Kier alpha value is -2.93. The number of rotatable bonds is 8. The summed E-state index contributed by atoms with van der Waals surface area (Å²) in [6.45, 7) is 7.44. The first kappa shape index (κ1) is 21.8. The van der Waals surface area contributed by atoms with Crippen molar-refractivity contribution < 1.29 is 4.79 Å². The SMILES string of the molecule is CC(=NNc1c(N2c3ccccc3CC2C)ccnc1C)C(=O)NCCCN(C)C. The van der Waals surface area contributed by atoms with E-state index < -0.39 is 0 Å². The number of pyridine rings is 1. The van der Waals surface area contributed by atoms with Crippen molar-refractivity contribution >= 4 is 28.7 Å². The van der Waals surface area contributed by atoms with Gasteiger partial charge in [0.1, 0.15) is 11.4 Å². The molecule has 0 spiro atoms. The molecule has 7 heteroatoms. The summed E-state index contributed by atoms with van der Waals surface area (Å²) in [5, 5.41) is 7.28. The van der Waals surface area contributed by atoms with Crippen molar-refractivity contribution in [2.45, 2.75) is 39.7 Å². The average molecular weight is 409 g/mol. The van der Waals surface area contributed by atoms with Gasteiger partial charge in [0.15, 0.2) is 0 Å². The standard InChI is InChI=1S/C23H32N6O/c1-16-15-19-9-6-7-10-20(19)29(16)21-11-13-24-17(2)22(21)27-26-18(3)23(30)25-12-8-14-28(4)5/h6-7,9-11,13,16,27H,8,12,14-15H2,1-5H3,(H,25,30). The fourth-order valence-corrected chi connectivity index (χ4v) is 3.74. The third-order valence-electron chi connectivity index (χ3n) is 5.32. The number of para-hydroxylation sites is 1. The van der Waals surface area contributed by atoms with E-state index in [2.05, 4.69) is 61.8 Å². The van der Waals surface area contributed by atoms with Crippen LogP contribution in [-0.4, -0.2) is 54.7 Å². The summed E-state index contributed by atoms with van der Waals surface area (Å²) in [4.78, 5) is 21.2. The maximum atomic E-state index is 12.3. The van der Waals surface area contributed by atoms with Crippen molar-refractivity contribution in [3.8, 4) is 0 Å². The molecule has 2 heterocycles. The summed E-state index contributed by atoms with van der Waals surface area (Å²) < 4.78 is 0. The van der Waals surface area contributed by atoms with E-state index in [9.17, 15) is 4.79 Å². The minimum atomic E-state index is -0.163. The number of nitrogens with one attached hydrogen (secondary N) is 2. The lowest BCUT2D eigenvalue weighted by molar-refractivity contribution is -0.114. The zero-order chi connectivity index (χ0) is 21.7. The molecule has 0 fully saturated rings. The van der Waals surface area contributed by atoms with Crippen molar-refractivity contribution in [2.24, 2.45) is 5.10 Å². The molecule has 0 radical (unpaired) electrons. The van der Waals surface area contributed by atoms with Crippen LogP contribution in [0.1, 0.15) is 31.5 Å². The van der Waals surface area contributed by atoms with Gasteiger partial charge in [-0.15, -0.1) is 0 Å². The molecule has 2 N–H and O–H groups in total. The Kier molecular flexibility index (Phi) is 7.05. The van der Waals surface area contributed by atoms with E-state index in [1.807, 2.05) is 33.3 Å². The van der Waals surface area contributed by atoms with E-state index in [-0.39, 0.29) is 5.91 Å². The van der Waals surface area contributed by atoms with Gasteiger partial charge < -0.3 is 15.1 Å². The minimum Gasteiger partial charge on any atom is -0.351 e. The van der Waals surface area contributed by atoms with Crippen LogP contribution in [0.5, 0.6) is 0 Å². The molecule has 0 bridgehead atoms. The van der Waals surface area contributed by atoms with Crippen molar-refractivity contribution in [3.05, 3.63) is 47.8 Å². The van der Waals surface area contributed by atoms with Gasteiger partial charge in [0, 0.05) is 24.5 Å². The van der Waals surface area contributed by atoms with Gasteiger partial charge in [0.2, 0.25) is 0 Å². The lowest BCUT2D eigenvalue weighted by Gasteiger charge is -2.27. The third kappa shape index (κ3) is 4.97. The van der Waals surface area contributed by atoms with Gasteiger partial charge in [0.05, 0.1) is 11.4 Å². The largest absolute Gasteiger partial charge is 0.351 e. The monoisotopic (exact) mass is 408 g/mol. The molecular weight excluding hydrogens is 376 g/mol. The number of nitrogens with zero attached hydrogens (tertiary/aromatic N) is 4. The zero-order valence-corrected chi connectivity index (χ0v) is 18.6. The molecule has 7 nitrogen and oxygen atoms in total. The first-order valence-corrected chi connectivity index (χ1v) is 10.4. The molecule has 1 amide bonds. The summed E-state index contributed by atoms with van der Waals surface area (Å²) in [7, 11) is 4.04. The number of hydrogen-bond acceptors (Lipinski definition) is 6. The number of fused-ring (bicyclic) bond motifs is 1. The summed E-state index contributed by atoms with van der Waals surface area (Å²) >= 11 is 0. The molecule has 1 aromatic carbocycles. The number of carbonyl (C=O) groups is 1. The molecule has 1 aliphatic heterocycles. The number of anilines is 3. The molecular formula is C23H32N6O. The van der Waals surface area contributed by atoms with Crippen LogP contribution in [0.4, 0.5) is 17.1 Å². The predicted molar refractivity (Wildman–Crippen MR) is 124 cm³/mol. The molecule has 1 atom stereocenters. The number of carbonyl (C=O) groups excluding carboxylic acids is 1. The number of hydrogen-bond donors (Lipinski definition) is 2. The topological polar surface area (TPSA) is 72.9 Å². The molecule has 0 aliphatic carbocycles. The highest BCUT2D eigenvalue weighted by Crippen LogP contribution is 2.41. The summed E-state index contributed by atoms with van der Waals surface area (Å²) in [6.07, 6.45) is 3.71. The second kappa shape index (κ2) is 9.71. The molecule has 1 aromatic heterocycles. The zero-order valence-electron chi connectivity index (χ0n) is 18.6. The van der Waals surface area contributed by atoms with Crippen LogP contribution in [0.2, 0.25) is 0 Å². The molecule has 3 rings (SSSR count). The Morgan fingerprint density at radius 2 is 2.03 bits per heavy atom. The summed E-state index contributed by atoms with van der Waals surface area (Å²) in [5.74, 6) is -0.163. The molecule has 30 heavy (non-hydrogen) atoms. The predicted octanol–water partition coefficient (Wildman–Crippen LogP) is 3.33. The van der Waals surface area contributed by atoms with Crippen LogP contribution < -0.4 is 15.6 Å². The van der Waals surface area contributed by atoms with Crippen LogP contribution in [0, 0.1) is 6.92 Å². The number of hydrazone groups is 1. The van der Waals surface area contributed by atoms with Gasteiger partial charge >= 0.3 is 0 Å². The Bertz CT molecular complexity index is 924. The molecule has 0 saturated carbocycles. The van der Waals surface area contributed by atoms with Crippen molar-refractivity contribution in [1.82, 2.24) is 15.2 Å². The smallest absolute Gasteiger partial charge is 0.267 e. The highest BCUT2D eigenvalue weighted by molar-refractivity contribution is 6.38. The van der Waals surface area contributed by atoms with Crippen LogP contribution in [0.15, 0.2) is 41.6 Å². The highest BCUT2D eigenvalue weighted by Gasteiger charge is 2.29. The van der Waals surface area contributed by atoms with Gasteiger partial charge in [0.25, 0.3) is 5.91 Å². The lowest BCUT2D eigenvalue weighted by atomic mass is 10.1. The van der Waals surface area contributed by atoms with E-state index in [0.29, 0.717) is 18.3 Å². The van der Waals surface area contributed by atoms with Gasteiger partial charge in [-0.1, -0.05) is 18.2 Å². The molecule has 1 unspecified atom stereocenters. The quantitative estimate of drug-likeness (QED) is 0.398. The summed E-state index contributed by atoms with van der Waals surface area (Å²) in [5.41, 5.74) is 8.72. The van der Waals surface area contributed by atoms with Gasteiger partial charge in [-0.3, -0.25) is 15.2 Å². The van der Waals surface area contributed by atoms with Crippen LogP contribution in [0.3, 0.4) is 0 Å². The first-order valence-electron chi connectivity index (χ1n) is 10.4. The third-order valence-corrected chi connectivity index (χ3v) is 5.32. The number of benzene rings is 1. The molecule has 1 aliphatic rings. The van der Waals surface area contributed by atoms with Crippen molar-refractivity contribution in [1.29, 1.82) is 0 Å². The molecule has 160 valence electrons. The maximum absolute atomic E-state index is 12.3. The second-order valence-electron chi connectivity index (χ2n) is 8.06. The van der Waals surface area contributed by atoms with Crippen LogP contribution in [0.25, 0.3) is 0 Å². The van der Waals surface area contributed by atoms with E-state index in [1.54, 1.807) is 6.92 Å². The minimum absolute atomic E-state index is 0.163. The molecule has 0 saturated heterocycles. The van der Waals surface area contributed by atoms with E-state index in [1.165, 1.54) is 11.3 Å². The fraction of sp³-hybridized carbons (Fsp3) is 0.435. The lowest BCUT2D eigenvalue weighted by Crippen LogP contribution is -2.32. The van der Waals surface area contributed by atoms with Gasteiger partial charge in [-0.2, -0.15) is 5.10 Å². The summed E-state index contributed by atoms with van der Waals surface area (Å²) in [6, 6.07) is 10.8. The fourth-order valence-electron chi connectivity index (χ4n) is 3.74. The first-order chi connectivity index (χ1) is 14.4. The Balaban J connectivity index is 1.76. The van der Waals surface area contributed by atoms with Crippen molar-refractivity contribution in [2.75, 3.05) is 37.5 Å². The van der Waals surface area contributed by atoms with Crippen molar-refractivity contribution in [3.63, 3.8) is 0 Å². The van der Waals surface area contributed by atoms with Crippen LogP contribution >= 0.6 is 0 Å². The molecule has 2 aromatic rings. The Morgan fingerprint density at radius 3 is 2.80 bits per heavy atom. The van der Waals surface area contributed by atoms with E-state index in [4.69, 9.17) is 0 Å². The maximum Gasteiger partial charge on any atom is 0.267 e. The van der Waals surface area contributed by atoms with E-state index in [0.717, 1.165) is 36.5 Å². The number of amides is 1. The normalized spacial score (nSPS) is 16.0. The van der Waals surface area contributed by atoms with E-state index >= 15 is 0 Å². The Labute approximate surface area is 179 Å². The average Bonchev–Trinajstić information content (AvgIpc) is 3.05. The highest BCUT2D eigenvalue weighted by atomic mass is 16.1.